The highest BCUT2D eigenvalue weighted by molar-refractivity contribution is 7.89. The first-order valence-electron chi connectivity index (χ1n) is 6.30. The highest BCUT2D eigenvalue weighted by Gasteiger charge is 2.28. The Bertz CT molecular complexity index is 492. The van der Waals surface area contributed by atoms with Crippen LogP contribution in [0.3, 0.4) is 0 Å². The fourth-order valence-corrected chi connectivity index (χ4v) is 3.10. The molecule has 1 saturated carbocycles. The van der Waals surface area contributed by atoms with Crippen LogP contribution >= 0.6 is 0 Å². The first-order valence-corrected chi connectivity index (χ1v) is 7.79. The van der Waals surface area contributed by atoms with E-state index in [2.05, 4.69) is 17.0 Å². The largest absolute Gasteiger partial charge is 0.388 e. The molecule has 2 N–H and O–H groups in total. The Kier molecular flexibility index (Phi) is 3.92. The van der Waals surface area contributed by atoms with Gasteiger partial charge in [0.1, 0.15) is 0 Å². The molecule has 1 unspecified atom stereocenters. The Morgan fingerprint density at radius 2 is 1.89 bits per heavy atom. The third-order valence-electron chi connectivity index (χ3n) is 3.48. The minimum Gasteiger partial charge on any atom is -0.388 e. The number of hydrogen-bond acceptors (Lipinski definition) is 3. The van der Waals surface area contributed by atoms with Gasteiger partial charge in [0.25, 0.3) is 0 Å². The number of rotatable bonds is 6. The first kappa shape index (κ1) is 13.4. The zero-order valence-corrected chi connectivity index (χ0v) is 11.6. The van der Waals surface area contributed by atoms with Crippen LogP contribution in [0.5, 0.6) is 0 Å². The van der Waals surface area contributed by atoms with Crippen LogP contribution in [0.25, 0.3) is 0 Å². The molecule has 1 aliphatic carbocycles. The van der Waals surface area contributed by atoms with Gasteiger partial charge >= 0.3 is 0 Å². The van der Waals surface area contributed by atoms with Gasteiger partial charge in [-0.05, 0) is 48.9 Å². The molecule has 0 heterocycles. The summed E-state index contributed by atoms with van der Waals surface area (Å²) in [6, 6.07) is 6.77. The molecule has 0 amide bonds. The third-order valence-corrected chi connectivity index (χ3v) is 4.91. The molecule has 0 aliphatic heterocycles. The maximum absolute atomic E-state index is 12.0. The number of hydrogen-bond donors (Lipinski definition) is 2. The van der Waals surface area contributed by atoms with Crippen molar-refractivity contribution in [1.29, 1.82) is 0 Å². The highest BCUT2D eigenvalue weighted by atomic mass is 32.2. The van der Waals surface area contributed by atoms with E-state index in [1.165, 1.54) is 12.8 Å². The molecule has 0 spiro atoms. The summed E-state index contributed by atoms with van der Waals surface area (Å²) in [5, 5.41) is 2.96. The second kappa shape index (κ2) is 5.28. The molecule has 0 saturated heterocycles. The second-order valence-electron chi connectivity index (χ2n) is 4.94. The van der Waals surface area contributed by atoms with Gasteiger partial charge in [-0.25, -0.2) is 13.1 Å². The second-order valence-corrected chi connectivity index (χ2v) is 6.71. The van der Waals surface area contributed by atoms with Crippen molar-refractivity contribution in [2.24, 2.45) is 11.8 Å². The maximum Gasteiger partial charge on any atom is 0.240 e. The molecule has 18 heavy (non-hydrogen) atoms. The molecule has 0 aromatic heterocycles. The molecule has 0 bridgehead atoms. The number of nitrogens with one attached hydrogen (secondary N) is 2. The van der Waals surface area contributed by atoms with Gasteiger partial charge in [-0.15, -0.1) is 0 Å². The van der Waals surface area contributed by atoms with Gasteiger partial charge in [-0.1, -0.05) is 6.92 Å². The van der Waals surface area contributed by atoms with E-state index in [9.17, 15) is 8.42 Å². The summed E-state index contributed by atoms with van der Waals surface area (Å²) in [4.78, 5) is 0.324. The van der Waals surface area contributed by atoms with Crippen LogP contribution in [0.15, 0.2) is 29.2 Å². The van der Waals surface area contributed by atoms with Crippen LogP contribution in [0.4, 0.5) is 5.69 Å². The summed E-state index contributed by atoms with van der Waals surface area (Å²) in [6.45, 7) is 2.63. The Morgan fingerprint density at radius 3 is 2.39 bits per heavy atom. The molecule has 1 fully saturated rings. The fraction of sp³-hybridized carbons (Fsp3) is 0.538. The average Bonchev–Trinajstić information content (AvgIpc) is 3.20. The van der Waals surface area contributed by atoms with Crippen LogP contribution < -0.4 is 10.0 Å². The number of benzene rings is 1. The average molecular weight is 268 g/mol. The van der Waals surface area contributed by atoms with Crippen molar-refractivity contribution in [2.75, 3.05) is 18.9 Å². The van der Waals surface area contributed by atoms with Crippen LogP contribution in [-0.2, 0) is 10.0 Å². The molecule has 1 aromatic rings. The standard InChI is InChI=1S/C13H20N2O2S/c1-10(11-3-4-11)9-15-18(16,17)13-7-5-12(14-2)6-8-13/h5-8,10-11,14-15H,3-4,9H2,1-2H3. The predicted octanol–water partition coefficient (Wildman–Crippen LogP) is 2.05. The molecule has 1 aliphatic rings. The molecule has 2 rings (SSSR count). The highest BCUT2D eigenvalue weighted by Crippen LogP contribution is 2.36. The molecular formula is C13H20N2O2S. The summed E-state index contributed by atoms with van der Waals surface area (Å²) >= 11 is 0. The number of sulfonamides is 1. The molecule has 1 atom stereocenters. The molecular weight excluding hydrogens is 248 g/mol. The van der Waals surface area contributed by atoms with Crippen molar-refractivity contribution in [3.8, 4) is 0 Å². The maximum atomic E-state index is 12.0. The van der Waals surface area contributed by atoms with E-state index in [0.29, 0.717) is 23.3 Å². The minimum absolute atomic E-state index is 0.324. The normalized spacial score (nSPS) is 17.4. The smallest absolute Gasteiger partial charge is 0.240 e. The van der Waals surface area contributed by atoms with E-state index < -0.39 is 10.0 Å². The summed E-state index contributed by atoms with van der Waals surface area (Å²) < 4.78 is 26.8. The van der Waals surface area contributed by atoms with Crippen molar-refractivity contribution in [1.82, 2.24) is 4.72 Å². The van der Waals surface area contributed by atoms with E-state index >= 15 is 0 Å². The first-order chi connectivity index (χ1) is 8.53. The SMILES string of the molecule is CNc1ccc(S(=O)(=O)NCC(C)C2CC2)cc1. The summed E-state index contributed by atoms with van der Waals surface area (Å²) in [7, 11) is -1.56. The third kappa shape index (κ3) is 3.23. The van der Waals surface area contributed by atoms with E-state index in [0.717, 1.165) is 5.69 Å². The Hall–Kier alpha value is -1.07. The Balaban J connectivity index is 1.99. The van der Waals surface area contributed by atoms with Crippen molar-refractivity contribution in [2.45, 2.75) is 24.7 Å². The van der Waals surface area contributed by atoms with E-state index in [4.69, 9.17) is 0 Å². The van der Waals surface area contributed by atoms with Gasteiger partial charge in [0, 0.05) is 19.3 Å². The van der Waals surface area contributed by atoms with Gasteiger partial charge in [-0.3, -0.25) is 0 Å². The Labute approximate surface area is 109 Å². The topological polar surface area (TPSA) is 58.2 Å². The van der Waals surface area contributed by atoms with Gasteiger partial charge in [-0.2, -0.15) is 0 Å². The summed E-state index contributed by atoms with van der Waals surface area (Å²) in [6.07, 6.45) is 2.47. The van der Waals surface area contributed by atoms with Gasteiger partial charge in [0.2, 0.25) is 10.0 Å². The molecule has 4 nitrogen and oxygen atoms in total. The van der Waals surface area contributed by atoms with E-state index in [-0.39, 0.29) is 0 Å². The van der Waals surface area contributed by atoms with E-state index in [1.54, 1.807) is 31.3 Å². The van der Waals surface area contributed by atoms with Gasteiger partial charge < -0.3 is 5.32 Å². The van der Waals surface area contributed by atoms with Crippen LogP contribution in [-0.4, -0.2) is 22.0 Å². The zero-order chi connectivity index (χ0) is 13.2. The molecule has 100 valence electrons. The van der Waals surface area contributed by atoms with Crippen LogP contribution in [0.1, 0.15) is 19.8 Å². The summed E-state index contributed by atoms with van der Waals surface area (Å²) in [5.41, 5.74) is 0.903. The monoisotopic (exact) mass is 268 g/mol. The Morgan fingerprint density at radius 1 is 1.28 bits per heavy atom. The quantitative estimate of drug-likeness (QED) is 0.830. The van der Waals surface area contributed by atoms with Crippen LogP contribution in [0, 0.1) is 11.8 Å². The van der Waals surface area contributed by atoms with Crippen LogP contribution in [0.2, 0.25) is 0 Å². The molecule has 1 aromatic carbocycles. The van der Waals surface area contributed by atoms with Gasteiger partial charge in [0.05, 0.1) is 4.90 Å². The van der Waals surface area contributed by atoms with Gasteiger partial charge in [0.15, 0.2) is 0 Å². The summed E-state index contributed by atoms with van der Waals surface area (Å²) in [5.74, 6) is 1.13. The van der Waals surface area contributed by atoms with Crippen molar-refractivity contribution >= 4 is 15.7 Å². The number of anilines is 1. The lowest BCUT2D eigenvalue weighted by atomic mass is 10.1. The van der Waals surface area contributed by atoms with Crippen molar-refractivity contribution < 1.29 is 8.42 Å². The fourth-order valence-electron chi connectivity index (χ4n) is 1.96. The van der Waals surface area contributed by atoms with Crippen molar-refractivity contribution in [3.05, 3.63) is 24.3 Å². The van der Waals surface area contributed by atoms with E-state index in [1.807, 2.05) is 0 Å². The minimum atomic E-state index is -3.36. The zero-order valence-electron chi connectivity index (χ0n) is 10.8. The lowest BCUT2D eigenvalue weighted by Crippen LogP contribution is -2.29. The van der Waals surface area contributed by atoms with Crippen molar-refractivity contribution in [3.63, 3.8) is 0 Å². The lowest BCUT2D eigenvalue weighted by Gasteiger charge is -2.12. The predicted molar refractivity (Wildman–Crippen MR) is 73.1 cm³/mol. The molecule has 0 radical (unpaired) electrons. The molecule has 5 heteroatoms. The lowest BCUT2D eigenvalue weighted by molar-refractivity contribution is 0.492.